The molecule has 1 heterocycles. The van der Waals surface area contributed by atoms with Crippen LogP contribution in [0.4, 0.5) is 5.69 Å². The van der Waals surface area contributed by atoms with Gasteiger partial charge < -0.3 is 15.0 Å². The molecule has 1 aromatic rings. The second kappa shape index (κ2) is 8.94. The Bertz CT molecular complexity index is 726. The van der Waals surface area contributed by atoms with E-state index in [-0.39, 0.29) is 16.8 Å². The number of aryl methyl sites for hydroxylation is 1. The summed E-state index contributed by atoms with van der Waals surface area (Å²) in [7, 11) is -3.57. The lowest BCUT2D eigenvalue weighted by Gasteiger charge is -2.28. The summed E-state index contributed by atoms with van der Waals surface area (Å²) in [5.41, 5.74) is 1.17. The molecule has 0 saturated carbocycles. The number of morpholine rings is 1. The predicted molar refractivity (Wildman–Crippen MR) is 101 cm³/mol. The van der Waals surface area contributed by atoms with Crippen LogP contribution in [0, 0.1) is 6.92 Å². The molecule has 1 fully saturated rings. The van der Waals surface area contributed by atoms with Gasteiger partial charge in [-0.25, -0.2) is 8.42 Å². The summed E-state index contributed by atoms with van der Waals surface area (Å²) in [6.07, 6.45) is 0. The van der Waals surface area contributed by atoms with Crippen LogP contribution in [-0.2, 0) is 19.6 Å². The van der Waals surface area contributed by atoms with Gasteiger partial charge in [-0.15, -0.1) is 0 Å². The summed E-state index contributed by atoms with van der Waals surface area (Å²) >= 11 is 0. The third-order valence-corrected chi connectivity index (χ3v) is 7.11. The van der Waals surface area contributed by atoms with Gasteiger partial charge in [0.2, 0.25) is 10.0 Å². The molecule has 0 unspecified atom stereocenters. The number of ether oxygens (including phenoxy) is 1. The molecule has 1 amide bonds. The number of nitrogens with one attached hydrogen (secondary N) is 2. The highest BCUT2D eigenvalue weighted by atomic mass is 32.2. The molecule has 8 heteroatoms. The Balaban J connectivity index is 2.19. The summed E-state index contributed by atoms with van der Waals surface area (Å²) in [4.78, 5) is 14.0. The number of quaternary nitrogens is 1. The minimum absolute atomic E-state index is 0.114. The quantitative estimate of drug-likeness (QED) is 0.707. The fourth-order valence-electron chi connectivity index (χ4n) is 3.16. The van der Waals surface area contributed by atoms with Crippen LogP contribution in [0.25, 0.3) is 0 Å². The number of hydrogen-bond acceptors (Lipinski definition) is 4. The monoisotopic (exact) mass is 384 g/mol. The first kappa shape index (κ1) is 20.8. The second-order valence-electron chi connectivity index (χ2n) is 6.55. The van der Waals surface area contributed by atoms with Crippen molar-refractivity contribution in [1.29, 1.82) is 0 Å². The molecule has 1 aliphatic heterocycles. The van der Waals surface area contributed by atoms with E-state index in [1.807, 2.05) is 20.8 Å². The molecular weight excluding hydrogens is 354 g/mol. The minimum Gasteiger partial charge on any atom is -0.370 e. The minimum atomic E-state index is -3.57. The third-order valence-electron chi connectivity index (χ3n) is 4.92. The van der Waals surface area contributed by atoms with E-state index < -0.39 is 10.0 Å². The third kappa shape index (κ3) is 4.62. The zero-order valence-corrected chi connectivity index (χ0v) is 16.9. The molecule has 7 nitrogen and oxygen atoms in total. The SMILES string of the molecule is CCN(CC)S(=O)(=O)c1cc(NC(=O)[C@H](C)[NH+]2CCOCC2)ccc1C. The molecule has 146 valence electrons. The van der Waals surface area contributed by atoms with Crippen LogP contribution in [0.2, 0.25) is 0 Å². The van der Waals surface area contributed by atoms with E-state index >= 15 is 0 Å². The number of carbonyl (C=O) groups is 1. The Labute approximate surface area is 156 Å². The van der Waals surface area contributed by atoms with Crippen LogP contribution < -0.4 is 10.2 Å². The Kier molecular flexibility index (Phi) is 7.16. The van der Waals surface area contributed by atoms with Gasteiger partial charge in [-0.05, 0) is 31.5 Å². The number of hydrogen-bond donors (Lipinski definition) is 2. The Hall–Kier alpha value is -1.48. The lowest BCUT2D eigenvalue weighted by Crippen LogP contribution is -3.18. The summed E-state index contributed by atoms with van der Waals surface area (Å²) < 4.78 is 32.4. The van der Waals surface area contributed by atoms with Gasteiger partial charge in [0.15, 0.2) is 6.04 Å². The van der Waals surface area contributed by atoms with E-state index in [1.54, 1.807) is 25.1 Å². The van der Waals surface area contributed by atoms with E-state index in [9.17, 15) is 13.2 Å². The van der Waals surface area contributed by atoms with Gasteiger partial charge in [-0.3, -0.25) is 4.79 Å². The first-order chi connectivity index (χ1) is 12.3. The molecule has 0 radical (unpaired) electrons. The fraction of sp³-hybridized carbons (Fsp3) is 0.611. The topological polar surface area (TPSA) is 80.2 Å². The molecule has 1 atom stereocenters. The largest absolute Gasteiger partial charge is 0.370 e. The number of anilines is 1. The molecule has 2 N–H and O–H groups in total. The average Bonchev–Trinajstić information content (AvgIpc) is 2.64. The maximum atomic E-state index is 12.8. The Morgan fingerprint density at radius 3 is 2.46 bits per heavy atom. The van der Waals surface area contributed by atoms with Crippen LogP contribution in [0.5, 0.6) is 0 Å². The van der Waals surface area contributed by atoms with Crippen LogP contribution in [-0.4, -0.2) is 64.1 Å². The zero-order chi connectivity index (χ0) is 19.3. The van der Waals surface area contributed by atoms with Crippen LogP contribution >= 0.6 is 0 Å². The Morgan fingerprint density at radius 1 is 1.27 bits per heavy atom. The molecule has 0 aliphatic carbocycles. The fourth-order valence-corrected chi connectivity index (χ4v) is 4.87. The summed E-state index contributed by atoms with van der Waals surface area (Å²) in [5.74, 6) is -0.114. The van der Waals surface area contributed by atoms with E-state index in [4.69, 9.17) is 4.74 Å². The van der Waals surface area contributed by atoms with Crippen molar-refractivity contribution in [1.82, 2.24) is 4.31 Å². The summed E-state index contributed by atoms with van der Waals surface area (Å²) in [6, 6.07) is 4.82. The van der Waals surface area contributed by atoms with Crippen molar-refractivity contribution in [2.75, 3.05) is 44.7 Å². The van der Waals surface area contributed by atoms with E-state index in [2.05, 4.69) is 5.32 Å². The van der Waals surface area contributed by atoms with Gasteiger partial charge >= 0.3 is 0 Å². The van der Waals surface area contributed by atoms with Crippen molar-refractivity contribution in [3.8, 4) is 0 Å². The number of rotatable bonds is 7. The molecule has 0 spiro atoms. The van der Waals surface area contributed by atoms with E-state index in [1.165, 1.54) is 9.21 Å². The average molecular weight is 385 g/mol. The molecule has 2 rings (SSSR count). The maximum absolute atomic E-state index is 12.8. The maximum Gasteiger partial charge on any atom is 0.282 e. The highest BCUT2D eigenvalue weighted by molar-refractivity contribution is 7.89. The number of amides is 1. The van der Waals surface area contributed by atoms with Gasteiger partial charge in [-0.1, -0.05) is 19.9 Å². The van der Waals surface area contributed by atoms with E-state index in [0.29, 0.717) is 37.6 Å². The molecular formula is C18H30N3O4S+. The number of nitrogens with zero attached hydrogens (tertiary/aromatic N) is 1. The van der Waals surface area contributed by atoms with Crippen molar-refractivity contribution in [2.24, 2.45) is 0 Å². The van der Waals surface area contributed by atoms with Crippen LogP contribution in [0.15, 0.2) is 23.1 Å². The number of benzene rings is 1. The molecule has 0 aromatic heterocycles. The lowest BCUT2D eigenvalue weighted by atomic mass is 10.2. The van der Waals surface area contributed by atoms with Crippen molar-refractivity contribution < 1.29 is 22.8 Å². The van der Waals surface area contributed by atoms with Gasteiger partial charge in [0.25, 0.3) is 5.91 Å². The van der Waals surface area contributed by atoms with Gasteiger partial charge in [0.05, 0.1) is 18.1 Å². The van der Waals surface area contributed by atoms with Crippen LogP contribution in [0.1, 0.15) is 26.3 Å². The summed E-state index contributed by atoms with van der Waals surface area (Å²) in [6.45, 7) is 11.0. The molecule has 1 saturated heterocycles. The van der Waals surface area contributed by atoms with Crippen molar-refractivity contribution in [3.05, 3.63) is 23.8 Å². The standard InChI is InChI=1S/C18H29N3O4S/c1-5-21(6-2)26(23,24)17-13-16(8-7-14(17)3)19-18(22)15(4)20-9-11-25-12-10-20/h7-8,13,15H,5-6,9-12H2,1-4H3,(H,19,22)/p+1/t15-/m0/s1. The van der Waals surface area contributed by atoms with Crippen molar-refractivity contribution in [3.63, 3.8) is 0 Å². The predicted octanol–water partition coefficient (Wildman–Crippen LogP) is 0.268. The van der Waals surface area contributed by atoms with Gasteiger partial charge in [-0.2, -0.15) is 4.31 Å². The highest BCUT2D eigenvalue weighted by Crippen LogP contribution is 2.23. The highest BCUT2D eigenvalue weighted by Gasteiger charge is 2.28. The number of sulfonamides is 1. The van der Waals surface area contributed by atoms with Gasteiger partial charge in [0.1, 0.15) is 13.1 Å². The second-order valence-corrected chi connectivity index (χ2v) is 8.46. The normalized spacial score (nSPS) is 17.3. The smallest absolute Gasteiger partial charge is 0.282 e. The first-order valence-corrected chi connectivity index (χ1v) is 10.6. The number of carbonyl (C=O) groups excluding carboxylic acids is 1. The van der Waals surface area contributed by atoms with Crippen molar-refractivity contribution >= 4 is 21.6 Å². The first-order valence-electron chi connectivity index (χ1n) is 9.15. The molecule has 1 aliphatic rings. The summed E-state index contributed by atoms with van der Waals surface area (Å²) in [5, 5.41) is 2.87. The van der Waals surface area contributed by atoms with Crippen LogP contribution in [0.3, 0.4) is 0 Å². The Morgan fingerprint density at radius 2 is 1.88 bits per heavy atom. The zero-order valence-electron chi connectivity index (χ0n) is 16.0. The van der Waals surface area contributed by atoms with Crippen molar-refractivity contribution in [2.45, 2.75) is 38.6 Å². The molecule has 26 heavy (non-hydrogen) atoms. The molecule has 0 bridgehead atoms. The lowest BCUT2D eigenvalue weighted by molar-refractivity contribution is -0.921. The van der Waals surface area contributed by atoms with E-state index in [0.717, 1.165) is 13.1 Å². The molecule has 1 aromatic carbocycles. The van der Waals surface area contributed by atoms with Gasteiger partial charge in [0, 0.05) is 18.8 Å².